The molecule has 0 N–H and O–H groups in total. The molecule has 7 heteroatoms. The van der Waals surface area contributed by atoms with Crippen molar-refractivity contribution in [2.24, 2.45) is 0 Å². The molecule has 13 heavy (non-hydrogen) atoms. The van der Waals surface area contributed by atoms with Crippen LogP contribution >= 0.6 is 7.82 Å². The lowest BCUT2D eigenvalue weighted by Gasteiger charge is -2.14. The molecule has 3 heterocycles. The summed E-state index contributed by atoms with van der Waals surface area (Å²) in [6.45, 7) is 4.82. The van der Waals surface area contributed by atoms with Crippen molar-refractivity contribution in [2.75, 3.05) is 0 Å². The van der Waals surface area contributed by atoms with Gasteiger partial charge in [-0.05, 0) is 6.92 Å². The van der Waals surface area contributed by atoms with Gasteiger partial charge in [0.05, 0.1) is 0 Å². The summed E-state index contributed by atoms with van der Waals surface area (Å²) in [7, 11) is -3.42. The fourth-order valence-electron chi connectivity index (χ4n) is 0.692. The summed E-state index contributed by atoms with van der Waals surface area (Å²) in [6.07, 6.45) is 0. The summed E-state index contributed by atoms with van der Waals surface area (Å²) in [4.78, 5) is 10.9. The maximum Gasteiger partial charge on any atom is 0.654 e. The van der Waals surface area contributed by atoms with E-state index in [1.165, 1.54) is 6.92 Å². The number of fused-ring (bicyclic) bond motifs is 1. The first-order chi connectivity index (χ1) is 6.00. The molecular weight excluding hydrogens is 199 g/mol. The molecule has 0 saturated carbocycles. The van der Waals surface area contributed by atoms with E-state index in [4.69, 9.17) is 0 Å². The Morgan fingerprint density at radius 2 is 2.08 bits per heavy atom. The largest absolute Gasteiger partial charge is 0.654 e. The third-order valence-electron chi connectivity index (χ3n) is 1.28. The first kappa shape index (κ1) is 8.19. The minimum Gasteiger partial charge on any atom is -0.384 e. The highest BCUT2D eigenvalue weighted by atomic mass is 31.2. The zero-order valence-electron chi connectivity index (χ0n) is 6.60. The fourth-order valence-corrected chi connectivity index (χ4v) is 1.65. The van der Waals surface area contributed by atoms with Gasteiger partial charge >= 0.3 is 25.7 Å². The van der Waals surface area contributed by atoms with Gasteiger partial charge in [0.1, 0.15) is 0 Å². The molecule has 1 fully saturated rings. The maximum absolute atomic E-state index is 10.9. The second kappa shape index (κ2) is 2.29. The van der Waals surface area contributed by atoms with E-state index in [2.05, 4.69) is 24.9 Å². The van der Waals surface area contributed by atoms with Gasteiger partial charge in [-0.2, -0.15) is 4.57 Å². The van der Waals surface area contributed by atoms with Gasteiger partial charge in [-0.3, -0.25) is 0 Å². The Morgan fingerprint density at radius 1 is 1.46 bits per heavy atom. The summed E-state index contributed by atoms with van der Waals surface area (Å²) in [6, 6.07) is 0. The van der Waals surface area contributed by atoms with Crippen LogP contribution in [0.5, 0.6) is 0 Å². The number of ether oxygens (including phenoxy) is 1. The van der Waals surface area contributed by atoms with Crippen LogP contribution < -0.4 is 0 Å². The molecule has 0 aromatic carbocycles. The van der Waals surface area contributed by atoms with Crippen molar-refractivity contribution in [3.8, 4) is 0 Å². The van der Waals surface area contributed by atoms with E-state index < -0.39 is 13.8 Å². The quantitative estimate of drug-likeness (QED) is 0.384. The van der Waals surface area contributed by atoms with Gasteiger partial charge in [0, 0.05) is 5.57 Å². The number of carbonyl (C=O) groups excluding carboxylic acids is 1. The highest BCUT2D eigenvalue weighted by Crippen LogP contribution is 2.70. The second-order valence-electron chi connectivity index (χ2n) is 2.47. The fraction of sp³-hybridized carbons (Fsp3) is 0.167. The normalized spacial score (nSPS) is 20.7. The van der Waals surface area contributed by atoms with Crippen molar-refractivity contribution in [3.63, 3.8) is 0 Å². The highest BCUT2D eigenvalue weighted by Gasteiger charge is 2.58. The molecule has 1 saturated heterocycles. The van der Waals surface area contributed by atoms with E-state index in [0.29, 0.717) is 0 Å². The summed E-state index contributed by atoms with van der Waals surface area (Å²) in [5.41, 5.74) is 0.194. The smallest absolute Gasteiger partial charge is 0.384 e. The molecule has 0 amide bonds. The minimum absolute atomic E-state index is 0.155. The van der Waals surface area contributed by atoms with Crippen molar-refractivity contribution >= 4 is 13.8 Å². The molecule has 0 atom stereocenters. The zero-order valence-corrected chi connectivity index (χ0v) is 7.50. The molecule has 0 aromatic rings. The van der Waals surface area contributed by atoms with Crippen LogP contribution in [-0.2, 0) is 27.7 Å². The van der Waals surface area contributed by atoms with Crippen LogP contribution in [0.1, 0.15) is 6.92 Å². The minimum atomic E-state index is -3.42. The summed E-state index contributed by atoms with van der Waals surface area (Å²) in [5, 5.41) is 0. The van der Waals surface area contributed by atoms with Crippen molar-refractivity contribution in [1.29, 1.82) is 0 Å². The Labute approximate surface area is 73.3 Å². The van der Waals surface area contributed by atoms with Gasteiger partial charge in [-0.25, -0.2) is 4.79 Å². The van der Waals surface area contributed by atoms with Gasteiger partial charge in [0.2, 0.25) is 0 Å². The average Bonchev–Trinajstić information content (AvgIpc) is 2.40. The molecule has 0 radical (unpaired) electrons. The van der Waals surface area contributed by atoms with E-state index in [0.717, 1.165) is 0 Å². The summed E-state index contributed by atoms with van der Waals surface area (Å²) in [5.74, 6) is -1.13. The van der Waals surface area contributed by atoms with Crippen molar-refractivity contribution in [1.82, 2.24) is 0 Å². The third-order valence-corrected chi connectivity index (χ3v) is 2.45. The lowest BCUT2D eigenvalue weighted by atomic mass is 10.4. The Kier molecular flexibility index (Phi) is 1.44. The van der Waals surface area contributed by atoms with Gasteiger partial charge < -0.3 is 18.3 Å². The van der Waals surface area contributed by atoms with E-state index >= 15 is 0 Å². The number of hydrogen-bond donors (Lipinski definition) is 0. The van der Waals surface area contributed by atoms with Crippen LogP contribution in [0.25, 0.3) is 0 Å². The molecule has 0 spiro atoms. The molecule has 3 aliphatic rings. The van der Waals surface area contributed by atoms with Crippen LogP contribution in [0, 0.1) is 0 Å². The standard InChI is InChI=1S/C6H5O6P/c1-3(2)4(7)9-5-6-11-13(8,10-5)12-6/h1H2,2H3. The predicted molar refractivity (Wildman–Crippen MR) is 38.8 cm³/mol. The van der Waals surface area contributed by atoms with E-state index in [1.54, 1.807) is 0 Å². The van der Waals surface area contributed by atoms with Crippen LogP contribution in [0.15, 0.2) is 24.0 Å². The second-order valence-corrected chi connectivity index (χ2v) is 3.91. The van der Waals surface area contributed by atoms with Crippen LogP contribution in [0.4, 0.5) is 0 Å². The van der Waals surface area contributed by atoms with E-state index in [9.17, 15) is 9.36 Å². The molecule has 2 bridgehead atoms. The van der Waals surface area contributed by atoms with Gasteiger partial charge in [-0.1, -0.05) is 6.58 Å². The first-order valence-electron chi connectivity index (χ1n) is 3.31. The molecule has 3 rings (SSSR count). The summed E-state index contributed by atoms with van der Waals surface area (Å²) >= 11 is 0. The Bertz CT molecular complexity index is 369. The SMILES string of the molecule is C=C(C)C(=O)OC1=C2OP(=O)(O1)O2. The third kappa shape index (κ3) is 1.19. The first-order valence-corrected chi connectivity index (χ1v) is 4.77. The highest BCUT2D eigenvalue weighted by molar-refractivity contribution is 7.50. The van der Waals surface area contributed by atoms with Crippen molar-refractivity contribution in [2.45, 2.75) is 6.92 Å². The lowest BCUT2D eigenvalue weighted by molar-refractivity contribution is -0.137. The molecule has 3 aliphatic heterocycles. The molecular formula is C6H5O6P. The summed E-state index contributed by atoms with van der Waals surface area (Å²) < 4.78 is 29.1. The number of hydrogen-bond acceptors (Lipinski definition) is 6. The van der Waals surface area contributed by atoms with Crippen molar-refractivity contribution in [3.05, 3.63) is 24.0 Å². The maximum atomic E-state index is 10.9. The molecule has 6 nitrogen and oxygen atoms in total. The molecule has 0 aromatic heterocycles. The number of carbonyl (C=O) groups is 1. The Hall–Kier alpha value is -1.42. The average molecular weight is 204 g/mol. The Balaban J connectivity index is 2.06. The lowest BCUT2D eigenvalue weighted by Crippen LogP contribution is -2.05. The van der Waals surface area contributed by atoms with Gasteiger partial charge in [-0.15, -0.1) is 0 Å². The molecule has 0 unspecified atom stereocenters. The topological polar surface area (TPSA) is 71.1 Å². The van der Waals surface area contributed by atoms with Crippen molar-refractivity contribution < 1.29 is 27.7 Å². The van der Waals surface area contributed by atoms with Gasteiger partial charge in [0.15, 0.2) is 0 Å². The number of phosphoric acid groups is 1. The van der Waals surface area contributed by atoms with Crippen LogP contribution in [-0.4, -0.2) is 5.97 Å². The van der Waals surface area contributed by atoms with Crippen LogP contribution in [0.2, 0.25) is 0 Å². The number of esters is 1. The van der Waals surface area contributed by atoms with Gasteiger partial charge in [0.25, 0.3) is 0 Å². The number of rotatable bonds is 2. The van der Waals surface area contributed by atoms with E-state index in [1.807, 2.05) is 0 Å². The molecule has 0 aliphatic carbocycles. The Morgan fingerprint density at radius 3 is 2.46 bits per heavy atom. The molecule has 70 valence electrons. The monoisotopic (exact) mass is 204 g/mol. The van der Waals surface area contributed by atoms with Crippen LogP contribution in [0.3, 0.4) is 0 Å². The predicted octanol–water partition coefficient (Wildman–Crippen LogP) is 1.42. The number of phosphoric ester groups is 1. The zero-order chi connectivity index (χ0) is 9.64. The van der Waals surface area contributed by atoms with E-state index in [-0.39, 0.29) is 17.5 Å².